The Hall–Kier alpha value is -4.72. The van der Waals surface area contributed by atoms with Crippen LogP contribution in [0.15, 0.2) is 48.9 Å². The molecule has 6 heterocycles. The number of hydrogen-bond donors (Lipinski definition) is 1. The fourth-order valence-corrected chi connectivity index (χ4v) is 6.10. The lowest BCUT2D eigenvalue weighted by Gasteiger charge is -2.35. The first-order chi connectivity index (χ1) is 19.3. The largest absolute Gasteiger partial charge is 0.375 e. The molecule has 7 rings (SSSR count). The Morgan fingerprint density at radius 3 is 2.73 bits per heavy atom. The number of amides is 2. The van der Waals surface area contributed by atoms with E-state index < -0.39 is 5.92 Å². The van der Waals surface area contributed by atoms with Crippen LogP contribution >= 0.6 is 0 Å². The zero-order valence-corrected chi connectivity index (χ0v) is 21.5. The molecule has 0 saturated carbocycles. The second kappa shape index (κ2) is 8.91. The van der Waals surface area contributed by atoms with Crippen LogP contribution in [-0.2, 0) is 17.9 Å². The summed E-state index contributed by atoms with van der Waals surface area (Å²) < 4.78 is 31.3. The van der Waals surface area contributed by atoms with Crippen LogP contribution < -0.4 is 5.32 Å². The highest BCUT2D eigenvalue weighted by Gasteiger charge is 2.37. The van der Waals surface area contributed by atoms with Crippen LogP contribution in [0.1, 0.15) is 35.2 Å². The number of carbonyl (C=O) groups excluding carboxylic acids is 2. The average molecular weight is 542 g/mol. The SMILES string of the molecule is N#Cc1cc2c3c(c1)c(C1=C(c4cnc5ccccn45)NCC1=O)cn3CCN(C(=O)N1CCC(F)(F)CC1)C2. The molecule has 1 saturated heterocycles. The lowest BCUT2D eigenvalue weighted by atomic mass is 9.97. The molecular weight excluding hydrogens is 516 g/mol. The zero-order valence-electron chi connectivity index (χ0n) is 21.5. The molecule has 0 bridgehead atoms. The molecule has 3 aliphatic rings. The van der Waals surface area contributed by atoms with E-state index in [1.165, 1.54) is 4.90 Å². The number of Topliss-reactive ketones (excluding diaryl/α,β-unsaturated/α-hetero) is 1. The van der Waals surface area contributed by atoms with Crippen molar-refractivity contribution < 1.29 is 18.4 Å². The van der Waals surface area contributed by atoms with E-state index in [1.807, 2.05) is 39.6 Å². The monoisotopic (exact) mass is 541 g/mol. The van der Waals surface area contributed by atoms with Gasteiger partial charge in [-0.1, -0.05) is 6.07 Å². The van der Waals surface area contributed by atoms with Crippen molar-refractivity contribution in [1.82, 2.24) is 29.1 Å². The van der Waals surface area contributed by atoms with Crippen LogP contribution in [0.25, 0.3) is 27.8 Å². The molecular formula is C29H25F2N7O2. The third-order valence-electron chi connectivity index (χ3n) is 8.09. The van der Waals surface area contributed by atoms with Crippen LogP contribution in [0.3, 0.4) is 0 Å². The number of likely N-dealkylation sites (tertiary alicyclic amines) is 1. The van der Waals surface area contributed by atoms with E-state index >= 15 is 0 Å². The number of imidazole rings is 1. The summed E-state index contributed by atoms with van der Waals surface area (Å²) in [5.74, 6) is -2.79. The van der Waals surface area contributed by atoms with Gasteiger partial charge in [0.25, 0.3) is 5.92 Å². The number of benzene rings is 1. The number of halogens is 2. The van der Waals surface area contributed by atoms with Gasteiger partial charge in [0.1, 0.15) is 5.65 Å². The van der Waals surface area contributed by atoms with Gasteiger partial charge in [-0.15, -0.1) is 0 Å². The predicted octanol–water partition coefficient (Wildman–Crippen LogP) is 3.87. The van der Waals surface area contributed by atoms with Crippen LogP contribution in [0.4, 0.5) is 13.6 Å². The quantitative estimate of drug-likeness (QED) is 0.416. The molecule has 4 aromatic rings. The van der Waals surface area contributed by atoms with Crippen molar-refractivity contribution in [3.05, 3.63) is 71.3 Å². The second-order valence-corrected chi connectivity index (χ2v) is 10.5. The van der Waals surface area contributed by atoms with Gasteiger partial charge in [-0.25, -0.2) is 18.6 Å². The molecule has 2 amide bonds. The number of nitrogens with zero attached hydrogens (tertiary/aromatic N) is 6. The summed E-state index contributed by atoms with van der Waals surface area (Å²) in [6.07, 6.45) is 4.89. The topological polar surface area (TPSA) is 98.7 Å². The molecule has 0 spiro atoms. The maximum atomic E-state index is 13.7. The number of fused-ring (bicyclic) bond motifs is 1. The molecule has 3 aromatic heterocycles. The first-order valence-electron chi connectivity index (χ1n) is 13.2. The Morgan fingerprint density at radius 2 is 1.93 bits per heavy atom. The molecule has 0 unspecified atom stereocenters. The Labute approximate surface area is 227 Å². The van der Waals surface area contributed by atoms with E-state index in [4.69, 9.17) is 0 Å². The Bertz CT molecular complexity index is 1780. The van der Waals surface area contributed by atoms with Gasteiger partial charge < -0.3 is 19.7 Å². The molecule has 202 valence electrons. The van der Waals surface area contributed by atoms with Crippen LogP contribution in [0, 0.1) is 11.3 Å². The van der Waals surface area contributed by atoms with Gasteiger partial charge in [0, 0.05) is 68.9 Å². The van der Waals surface area contributed by atoms with Crippen LogP contribution in [-0.4, -0.2) is 67.7 Å². The second-order valence-electron chi connectivity index (χ2n) is 10.5. The molecule has 1 aromatic carbocycles. The molecule has 11 heteroatoms. The van der Waals surface area contributed by atoms with Crippen molar-refractivity contribution in [2.45, 2.75) is 31.9 Å². The Balaban J connectivity index is 1.32. The number of carbonyl (C=O) groups is 2. The number of urea groups is 1. The van der Waals surface area contributed by atoms with Crippen molar-refractivity contribution in [3.63, 3.8) is 0 Å². The summed E-state index contributed by atoms with van der Waals surface area (Å²) in [4.78, 5) is 34.3. The van der Waals surface area contributed by atoms with Gasteiger partial charge in [-0.05, 0) is 29.8 Å². The van der Waals surface area contributed by atoms with Gasteiger partial charge in [0.05, 0.1) is 46.9 Å². The van der Waals surface area contributed by atoms with E-state index in [2.05, 4.69) is 16.4 Å². The van der Waals surface area contributed by atoms with E-state index in [0.717, 1.165) is 33.4 Å². The van der Waals surface area contributed by atoms with Crippen molar-refractivity contribution in [2.24, 2.45) is 0 Å². The number of nitrogens with one attached hydrogen (secondary N) is 1. The number of rotatable bonds is 2. The molecule has 40 heavy (non-hydrogen) atoms. The number of alkyl halides is 2. The summed E-state index contributed by atoms with van der Waals surface area (Å²) >= 11 is 0. The van der Waals surface area contributed by atoms with Crippen molar-refractivity contribution in [3.8, 4) is 6.07 Å². The van der Waals surface area contributed by atoms with Gasteiger partial charge in [-0.3, -0.25) is 9.20 Å². The standard InChI is InChI=1S/C29H25F2N7O2/c30-29(31)4-7-35(8-5-29)28(40)37-10-9-36-17-21(20-12-18(13-32)11-19(16-37)27(20)36)25-23(39)15-34-26(25)22-14-33-24-3-1-2-6-38(22)24/h1-3,6,11-12,14,17,34H,4-5,7-10,15-16H2. The van der Waals surface area contributed by atoms with E-state index in [-0.39, 0.29) is 50.8 Å². The van der Waals surface area contributed by atoms with Gasteiger partial charge >= 0.3 is 6.03 Å². The highest BCUT2D eigenvalue weighted by molar-refractivity contribution is 6.33. The van der Waals surface area contributed by atoms with Gasteiger partial charge in [0.2, 0.25) is 0 Å². The molecule has 1 N–H and O–H groups in total. The molecule has 0 atom stereocenters. The molecule has 0 radical (unpaired) electrons. The summed E-state index contributed by atoms with van der Waals surface area (Å²) in [5, 5.41) is 13.9. The number of hydrogen-bond acceptors (Lipinski definition) is 5. The van der Waals surface area contributed by atoms with Crippen LogP contribution in [0.5, 0.6) is 0 Å². The molecule has 3 aliphatic heterocycles. The van der Waals surface area contributed by atoms with Crippen molar-refractivity contribution >= 4 is 39.6 Å². The molecule has 9 nitrogen and oxygen atoms in total. The highest BCUT2D eigenvalue weighted by Crippen LogP contribution is 2.38. The average Bonchev–Trinajstić information content (AvgIpc) is 3.61. The summed E-state index contributed by atoms with van der Waals surface area (Å²) in [5.41, 5.74) is 5.54. The number of piperidine rings is 1. The zero-order chi connectivity index (χ0) is 27.6. The highest BCUT2D eigenvalue weighted by atomic mass is 19.3. The van der Waals surface area contributed by atoms with Crippen LogP contribution in [0.2, 0.25) is 0 Å². The number of nitriles is 1. The van der Waals surface area contributed by atoms with Crippen molar-refractivity contribution in [2.75, 3.05) is 26.2 Å². The van der Waals surface area contributed by atoms with Gasteiger partial charge in [0.15, 0.2) is 5.78 Å². The third kappa shape index (κ3) is 3.82. The van der Waals surface area contributed by atoms with Gasteiger partial charge in [-0.2, -0.15) is 5.26 Å². The number of pyridine rings is 1. The number of aromatic nitrogens is 3. The van der Waals surface area contributed by atoms with E-state index in [0.29, 0.717) is 29.9 Å². The third-order valence-corrected chi connectivity index (χ3v) is 8.09. The Kier molecular flexibility index (Phi) is 5.42. The predicted molar refractivity (Wildman–Crippen MR) is 143 cm³/mol. The lowest BCUT2D eigenvalue weighted by molar-refractivity contribution is -0.112. The lowest BCUT2D eigenvalue weighted by Crippen LogP contribution is -2.49. The first kappa shape index (κ1) is 24.3. The molecule has 1 fully saturated rings. The van der Waals surface area contributed by atoms with E-state index in [1.54, 1.807) is 23.2 Å². The maximum absolute atomic E-state index is 13.7. The number of ketones is 1. The normalized spacial score (nSPS) is 18.8. The fourth-order valence-electron chi connectivity index (χ4n) is 6.10. The summed E-state index contributed by atoms with van der Waals surface area (Å²) in [7, 11) is 0. The first-order valence-corrected chi connectivity index (χ1v) is 13.2. The summed E-state index contributed by atoms with van der Waals surface area (Å²) in [6, 6.07) is 11.2. The molecule has 0 aliphatic carbocycles. The minimum atomic E-state index is -2.74. The maximum Gasteiger partial charge on any atom is 0.320 e. The summed E-state index contributed by atoms with van der Waals surface area (Å²) in [6.45, 7) is 1.26. The minimum absolute atomic E-state index is 0.0156. The van der Waals surface area contributed by atoms with E-state index in [9.17, 15) is 23.6 Å². The fraction of sp³-hybridized carbons (Fsp3) is 0.310. The van der Waals surface area contributed by atoms with Crippen molar-refractivity contribution in [1.29, 1.82) is 5.26 Å². The Morgan fingerprint density at radius 1 is 1.10 bits per heavy atom. The minimum Gasteiger partial charge on any atom is -0.375 e. The smallest absolute Gasteiger partial charge is 0.320 e.